The number of hydrogen-bond acceptors (Lipinski definition) is 5. The third-order valence-electron chi connectivity index (χ3n) is 5.32. The van der Waals surface area contributed by atoms with Crippen molar-refractivity contribution in [3.8, 4) is 0 Å². The van der Waals surface area contributed by atoms with Gasteiger partial charge in [0.25, 0.3) is 5.91 Å². The first-order chi connectivity index (χ1) is 16.2. The Hall–Kier alpha value is -3.01. The highest BCUT2D eigenvalue weighted by Crippen LogP contribution is 2.19. The third kappa shape index (κ3) is 6.75. The van der Waals surface area contributed by atoms with Crippen molar-refractivity contribution in [1.29, 1.82) is 0 Å². The molecule has 2 amide bonds. The van der Waals surface area contributed by atoms with E-state index in [0.717, 1.165) is 22.7 Å². The number of aryl methyl sites for hydroxylation is 1. The highest BCUT2D eigenvalue weighted by Gasteiger charge is 2.18. The van der Waals surface area contributed by atoms with Crippen LogP contribution in [0.2, 0.25) is 0 Å². The molecule has 34 heavy (non-hydrogen) atoms. The molecule has 180 valence electrons. The lowest BCUT2D eigenvalue weighted by Gasteiger charge is -2.16. The minimum atomic E-state index is -3.51. The van der Waals surface area contributed by atoms with Crippen LogP contribution in [0.15, 0.2) is 70.9 Å². The molecule has 0 radical (unpaired) electrons. The van der Waals surface area contributed by atoms with Crippen LogP contribution < -0.4 is 10.6 Å². The largest absolute Gasteiger partial charge is 0.346 e. The Morgan fingerprint density at radius 3 is 2.41 bits per heavy atom. The lowest BCUT2D eigenvalue weighted by atomic mass is 10.1. The van der Waals surface area contributed by atoms with Crippen LogP contribution in [0, 0.1) is 0 Å². The van der Waals surface area contributed by atoms with E-state index in [4.69, 9.17) is 0 Å². The summed E-state index contributed by atoms with van der Waals surface area (Å²) < 4.78 is 25.6. The maximum absolute atomic E-state index is 12.8. The Morgan fingerprint density at radius 1 is 1.03 bits per heavy atom. The van der Waals surface area contributed by atoms with E-state index >= 15 is 0 Å². The smallest absolute Gasteiger partial charge is 0.251 e. The van der Waals surface area contributed by atoms with Crippen LogP contribution in [0.4, 0.5) is 5.69 Å². The number of amides is 2. The number of benzene rings is 2. The van der Waals surface area contributed by atoms with Crippen LogP contribution in [0.5, 0.6) is 0 Å². The minimum Gasteiger partial charge on any atom is -0.346 e. The Kier molecular flexibility index (Phi) is 8.60. The van der Waals surface area contributed by atoms with Gasteiger partial charge >= 0.3 is 0 Å². The van der Waals surface area contributed by atoms with Crippen LogP contribution in [0.3, 0.4) is 0 Å². The summed E-state index contributed by atoms with van der Waals surface area (Å²) >= 11 is 1.68. The monoisotopic (exact) mass is 499 g/mol. The maximum atomic E-state index is 12.8. The summed E-state index contributed by atoms with van der Waals surface area (Å²) in [6.07, 6.45) is 2.04. The molecule has 3 rings (SSSR count). The number of carbonyl (C=O) groups excluding carboxylic acids is 2. The van der Waals surface area contributed by atoms with Crippen molar-refractivity contribution in [2.45, 2.75) is 37.1 Å². The van der Waals surface area contributed by atoms with Gasteiger partial charge in [-0.25, -0.2) is 12.7 Å². The first-order valence-corrected chi connectivity index (χ1v) is 13.2. The summed E-state index contributed by atoms with van der Waals surface area (Å²) in [6.45, 7) is 1.83. The lowest BCUT2D eigenvalue weighted by molar-refractivity contribution is -0.116. The summed E-state index contributed by atoms with van der Waals surface area (Å²) in [5.41, 5.74) is 1.77. The predicted molar refractivity (Wildman–Crippen MR) is 136 cm³/mol. The van der Waals surface area contributed by atoms with Gasteiger partial charge in [-0.2, -0.15) is 0 Å². The minimum absolute atomic E-state index is 0.0877. The molecule has 0 spiro atoms. The van der Waals surface area contributed by atoms with Gasteiger partial charge in [0, 0.05) is 36.6 Å². The van der Waals surface area contributed by atoms with E-state index in [1.54, 1.807) is 47.7 Å². The van der Waals surface area contributed by atoms with Crippen LogP contribution in [-0.2, 0) is 21.2 Å². The standard InChI is InChI=1S/C25H29N3O4S2/c1-18(19-12-14-23(15-13-19)34(31,32)28(2)3)26-25(30)20-7-4-8-21(17-20)27-24(29)11-5-9-22-10-6-16-33-22/h4,6-8,10,12-18H,5,9,11H2,1-3H3,(H,26,30)(H,27,29). The topological polar surface area (TPSA) is 95.6 Å². The first-order valence-electron chi connectivity index (χ1n) is 10.9. The number of hydrogen-bond donors (Lipinski definition) is 2. The highest BCUT2D eigenvalue weighted by molar-refractivity contribution is 7.89. The van der Waals surface area contributed by atoms with Crippen LogP contribution in [0.1, 0.15) is 46.6 Å². The molecule has 0 saturated carbocycles. The van der Waals surface area contributed by atoms with Crippen molar-refractivity contribution >= 4 is 38.9 Å². The predicted octanol–water partition coefficient (Wildman–Crippen LogP) is 4.45. The molecule has 7 nitrogen and oxygen atoms in total. The molecule has 1 heterocycles. The Bertz CT molecular complexity index is 1220. The van der Waals surface area contributed by atoms with Gasteiger partial charge in [-0.3, -0.25) is 9.59 Å². The van der Waals surface area contributed by atoms with E-state index in [0.29, 0.717) is 17.7 Å². The summed E-state index contributed by atoms with van der Waals surface area (Å²) in [5, 5.41) is 7.79. The number of nitrogens with zero attached hydrogens (tertiary/aromatic N) is 1. The number of nitrogens with one attached hydrogen (secondary N) is 2. The molecule has 0 aliphatic carbocycles. The molecule has 1 aromatic heterocycles. The van der Waals surface area contributed by atoms with Crippen LogP contribution >= 0.6 is 11.3 Å². The second-order valence-corrected chi connectivity index (χ2v) is 11.3. The molecular formula is C25H29N3O4S2. The van der Waals surface area contributed by atoms with E-state index in [-0.39, 0.29) is 22.8 Å². The van der Waals surface area contributed by atoms with E-state index in [2.05, 4.69) is 16.7 Å². The van der Waals surface area contributed by atoms with Crippen molar-refractivity contribution in [3.05, 3.63) is 82.0 Å². The van der Waals surface area contributed by atoms with E-state index < -0.39 is 10.0 Å². The van der Waals surface area contributed by atoms with Crippen molar-refractivity contribution in [2.75, 3.05) is 19.4 Å². The van der Waals surface area contributed by atoms with Gasteiger partial charge in [-0.1, -0.05) is 24.3 Å². The molecule has 2 aromatic carbocycles. The molecule has 1 atom stereocenters. The zero-order valence-corrected chi connectivity index (χ0v) is 21.1. The van der Waals surface area contributed by atoms with Gasteiger partial charge in [0.05, 0.1) is 10.9 Å². The summed E-state index contributed by atoms with van der Waals surface area (Å²) in [4.78, 5) is 26.5. The van der Waals surface area contributed by atoms with E-state index in [1.165, 1.54) is 31.1 Å². The molecule has 0 aliphatic rings. The number of rotatable bonds is 10. The number of anilines is 1. The van der Waals surface area contributed by atoms with E-state index in [9.17, 15) is 18.0 Å². The van der Waals surface area contributed by atoms with Gasteiger partial charge in [-0.05, 0) is 67.1 Å². The van der Waals surface area contributed by atoms with Gasteiger partial charge in [0.1, 0.15) is 0 Å². The molecule has 0 bridgehead atoms. The van der Waals surface area contributed by atoms with Crippen LogP contribution in [-0.4, -0.2) is 38.6 Å². The molecule has 1 unspecified atom stereocenters. The Labute approximate surface area is 204 Å². The normalized spacial score (nSPS) is 12.4. The van der Waals surface area contributed by atoms with Gasteiger partial charge < -0.3 is 10.6 Å². The summed E-state index contributed by atoms with van der Waals surface area (Å²) in [6, 6.07) is 17.0. The lowest BCUT2D eigenvalue weighted by Crippen LogP contribution is -2.27. The quantitative estimate of drug-likeness (QED) is 0.431. The van der Waals surface area contributed by atoms with Gasteiger partial charge in [0.2, 0.25) is 15.9 Å². The van der Waals surface area contributed by atoms with Crippen molar-refractivity contribution in [3.63, 3.8) is 0 Å². The Balaban J connectivity index is 1.56. The molecule has 3 aromatic rings. The molecule has 0 saturated heterocycles. The third-order valence-corrected chi connectivity index (χ3v) is 8.09. The fourth-order valence-corrected chi connectivity index (χ4v) is 5.00. The van der Waals surface area contributed by atoms with Crippen LogP contribution in [0.25, 0.3) is 0 Å². The number of sulfonamides is 1. The van der Waals surface area contributed by atoms with E-state index in [1.807, 2.05) is 18.4 Å². The molecule has 2 N–H and O–H groups in total. The summed E-state index contributed by atoms with van der Waals surface area (Å²) in [5.74, 6) is -0.374. The number of thiophene rings is 1. The zero-order valence-electron chi connectivity index (χ0n) is 19.4. The summed E-state index contributed by atoms with van der Waals surface area (Å²) in [7, 11) is -0.546. The van der Waals surface area contributed by atoms with Crippen molar-refractivity contribution in [2.24, 2.45) is 0 Å². The molecule has 0 fully saturated rings. The highest BCUT2D eigenvalue weighted by atomic mass is 32.2. The maximum Gasteiger partial charge on any atom is 0.251 e. The zero-order chi connectivity index (χ0) is 24.7. The molecular weight excluding hydrogens is 470 g/mol. The average molecular weight is 500 g/mol. The molecule has 0 aliphatic heterocycles. The second-order valence-electron chi connectivity index (χ2n) is 8.11. The Morgan fingerprint density at radius 2 is 1.76 bits per heavy atom. The fraction of sp³-hybridized carbons (Fsp3) is 0.280. The SMILES string of the molecule is CC(NC(=O)c1cccc(NC(=O)CCCc2cccs2)c1)c1ccc(S(=O)(=O)N(C)C)cc1. The van der Waals surface area contributed by atoms with Crippen molar-refractivity contribution < 1.29 is 18.0 Å². The average Bonchev–Trinajstić information content (AvgIpc) is 3.32. The van der Waals surface area contributed by atoms with Gasteiger partial charge in [-0.15, -0.1) is 11.3 Å². The van der Waals surface area contributed by atoms with Gasteiger partial charge in [0.15, 0.2) is 0 Å². The molecule has 9 heteroatoms. The number of carbonyl (C=O) groups is 2. The second kappa shape index (κ2) is 11.4. The van der Waals surface area contributed by atoms with Crippen molar-refractivity contribution in [1.82, 2.24) is 9.62 Å². The fourth-order valence-electron chi connectivity index (χ4n) is 3.34. The first kappa shape index (κ1) is 25.6.